The van der Waals surface area contributed by atoms with Crippen molar-refractivity contribution in [2.24, 2.45) is 5.41 Å². The third-order valence-electron chi connectivity index (χ3n) is 4.03. The fourth-order valence-corrected chi connectivity index (χ4v) is 3.61. The Morgan fingerprint density at radius 1 is 1.22 bits per heavy atom. The van der Waals surface area contributed by atoms with Gasteiger partial charge >= 0.3 is 0 Å². The van der Waals surface area contributed by atoms with Gasteiger partial charge < -0.3 is 4.90 Å². The monoisotopic (exact) mass is 249 g/mol. The fourth-order valence-electron chi connectivity index (χ4n) is 3.61. The molecule has 0 aliphatic heterocycles. The minimum Gasteiger partial charge on any atom is -0.309 e. The van der Waals surface area contributed by atoms with E-state index in [1.165, 1.54) is 43.3 Å². The van der Waals surface area contributed by atoms with Crippen LogP contribution in [0.1, 0.15) is 59.8 Å². The van der Waals surface area contributed by atoms with Crippen LogP contribution in [0.3, 0.4) is 0 Å². The normalized spacial score (nSPS) is 24.7. The summed E-state index contributed by atoms with van der Waals surface area (Å²) in [6, 6.07) is 0. The van der Waals surface area contributed by atoms with E-state index in [2.05, 4.69) is 52.8 Å². The lowest BCUT2D eigenvalue weighted by molar-refractivity contribution is 0.246. The molecule has 1 nitrogen and oxygen atoms in total. The summed E-state index contributed by atoms with van der Waals surface area (Å²) in [7, 11) is 4.38. The van der Waals surface area contributed by atoms with Crippen LogP contribution in [0, 0.1) is 5.41 Å². The highest BCUT2D eigenvalue weighted by atomic mass is 15.1. The van der Waals surface area contributed by atoms with Gasteiger partial charge in [-0.25, -0.2) is 0 Å². The van der Waals surface area contributed by atoms with Gasteiger partial charge in [0, 0.05) is 12.0 Å². The lowest BCUT2D eigenvalue weighted by Crippen LogP contribution is -2.35. The van der Waals surface area contributed by atoms with E-state index >= 15 is 0 Å². The lowest BCUT2D eigenvalue weighted by Gasteiger charge is -2.39. The van der Waals surface area contributed by atoms with Crippen LogP contribution in [0.15, 0.2) is 22.8 Å². The van der Waals surface area contributed by atoms with Gasteiger partial charge in [-0.1, -0.05) is 49.5 Å². The van der Waals surface area contributed by atoms with Crippen molar-refractivity contribution in [3.8, 4) is 0 Å². The molecule has 0 unspecified atom stereocenters. The number of hydrogen-bond donors (Lipinski definition) is 0. The van der Waals surface area contributed by atoms with Crippen LogP contribution in [0.2, 0.25) is 0 Å². The van der Waals surface area contributed by atoms with Gasteiger partial charge in [0.05, 0.1) is 0 Å². The van der Waals surface area contributed by atoms with Crippen molar-refractivity contribution in [1.29, 1.82) is 0 Å². The minimum absolute atomic E-state index is 0.347. The molecular weight excluding hydrogens is 218 g/mol. The third kappa shape index (κ3) is 3.98. The van der Waals surface area contributed by atoms with E-state index in [0.29, 0.717) is 5.41 Å². The molecule has 1 aliphatic rings. The predicted octanol–water partition coefficient (Wildman–Crippen LogP) is 4.80. The maximum Gasteiger partial charge on any atom is 0.00699 e. The first-order valence-electron chi connectivity index (χ1n) is 7.41. The second kappa shape index (κ2) is 6.56. The Kier molecular flexibility index (Phi) is 5.65. The molecule has 0 aromatic rings. The second-order valence-corrected chi connectivity index (χ2v) is 6.58. The molecule has 0 spiro atoms. The Bertz CT molecular complexity index is 336. The molecule has 1 aliphatic carbocycles. The Hall–Kier alpha value is -0.560. The van der Waals surface area contributed by atoms with Gasteiger partial charge in [-0.2, -0.15) is 0 Å². The molecule has 104 valence electrons. The predicted molar refractivity (Wildman–Crippen MR) is 81.9 cm³/mol. The Balaban J connectivity index is 2.90. The van der Waals surface area contributed by atoms with E-state index in [9.17, 15) is 0 Å². The van der Waals surface area contributed by atoms with Crippen molar-refractivity contribution >= 4 is 0 Å². The third-order valence-corrected chi connectivity index (χ3v) is 4.03. The zero-order chi connectivity index (χ0) is 13.8. The molecule has 0 aromatic heterocycles. The van der Waals surface area contributed by atoms with E-state index in [-0.39, 0.29) is 0 Å². The lowest BCUT2D eigenvalue weighted by atomic mass is 9.69. The summed E-state index contributed by atoms with van der Waals surface area (Å²) < 4.78 is 0. The Morgan fingerprint density at radius 2 is 1.89 bits per heavy atom. The highest BCUT2D eigenvalue weighted by Crippen LogP contribution is 2.43. The van der Waals surface area contributed by atoms with Gasteiger partial charge in [-0.3, -0.25) is 0 Å². The second-order valence-electron chi connectivity index (χ2n) is 6.58. The molecular formula is C17H31N. The zero-order valence-corrected chi connectivity index (χ0v) is 13.3. The van der Waals surface area contributed by atoms with Crippen molar-refractivity contribution in [3.63, 3.8) is 0 Å². The molecule has 0 heterocycles. The molecule has 0 aromatic carbocycles. The number of nitrogens with zero attached hydrogens (tertiary/aromatic N) is 1. The molecule has 0 fully saturated rings. The molecule has 0 N–H and O–H groups in total. The van der Waals surface area contributed by atoms with Crippen LogP contribution in [0.25, 0.3) is 0 Å². The average molecular weight is 249 g/mol. The smallest absolute Gasteiger partial charge is 0.00699 e. The van der Waals surface area contributed by atoms with E-state index in [1.54, 1.807) is 5.57 Å². The summed E-state index contributed by atoms with van der Waals surface area (Å²) in [4.78, 5) is 2.34. The summed E-state index contributed by atoms with van der Waals surface area (Å²) in [5.74, 6) is 0. The molecule has 1 atom stereocenters. The quantitative estimate of drug-likeness (QED) is 0.611. The SMILES string of the molecule is CCCCCC1=C(C)C=C(C)C[C@]1(C)CN(C)C. The molecule has 0 saturated carbocycles. The molecule has 0 radical (unpaired) electrons. The first kappa shape index (κ1) is 15.5. The van der Waals surface area contributed by atoms with Crippen LogP contribution in [-0.4, -0.2) is 25.5 Å². The number of allylic oxidation sites excluding steroid dienone is 3. The fraction of sp³-hybridized carbons (Fsp3) is 0.765. The summed E-state index contributed by atoms with van der Waals surface area (Å²) >= 11 is 0. The minimum atomic E-state index is 0.347. The van der Waals surface area contributed by atoms with Crippen LogP contribution in [0.5, 0.6) is 0 Å². The van der Waals surface area contributed by atoms with E-state index < -0.39 is 0 Å². The first-order chi connectivity index (χ1) is 8.39. The van der Waals surface area contributed by atoms with E-state index in [0.717, 1.165) is 6.54 Å². The Labute approximate surface area is 114 Å². The van der Waals surface area contributed by atoms with Gasteiger partial charge in [0.15, 0.2) is 0 Å². The highest BCUT2D eigenvalue weighted by Gasteiger charge is 2.32. The number of rotatable bonds is 6. The van der Waals surface area contributed by atoms with Gasteiger partial charge in [0.2, 0.25) is 0 Å². The molecule has 0 bridgehead atoms. The molecule has 18 heavy (non-hydrogen) atoms. The summed E-state index contributed by atoms with van der Waals surface area (Å²) in [5.41, 5.74) is 5.12. The molecule has 0 amide bonds. The summed E-state index contributed by atoms with van der Waals surface area (Å²) in [5, 5.41) is 0. The van der Waals surface area contributed by atoms with Crippen molar-refractivity contribution < 1.29 is 0 Å². The maximum absolute atomic E-state index is 2.45. The zero-order valence-electron chi connectivity index (χ0n) is 13.3. The molecule has 1 rings (SSSR count). The molecule has 1 heteroatoms. The summed E-state index contributed by atoms with van der Waals surface area (Å²) in [6.45, 7) is 10.5. The van der Waals surface area contributed by atoms with Crippen LogP contribution in [0.4, 0.5) is 0 Å². The van der Waals surface area contributed by atoms with Crippen LogP contribution >= 0.6 is 0 Å². The van der Waals surface area contributed by atoms with Crippen LogP contribution in [-0.2, 0) is 0 Å². The van der Waals surface area contributed by atoms with Gasteiger partial charge in [-0.05, 0) is 47.2 Å². The number of hydrogen-bond acceptors (Lipinski definition) is 1. The van der Waals surface area contributed by atoms with Crippen LogP contribution < -0.4 is 0 Å². The largest absolute Gasteiger partial charge is 0.309 e. The standard InChI is InChI=1S/C17H31N/c1-7-8-9-10-16-15(3)11-14(2)12-17(16,4)13-18(5)6/h11H,7-10,12-13H2,1-6H3/t17-/m1/s1. The first-order valence-corrected chi connectivity index (χ1v) is 7.41. The van der Waals surface area contributed by atoms with Crippen molar-refractivity contribution in [1.82, 2.24) is 4.90 Å². The van der Waals surface area contributed by atoms with Crippen molar-refractivity contribution in [3.05, 3.63) is 22.8 Å². The number of unbranched alkanes of at least 4 members (excludes halogenated alkanes) is 2. The van der Waals surface area contributed by atoms with Gasteiger partial charge in [-0.15, -0.1) is 0 Å². The van der Waals surface area contributed by atoms with E-state index in [4.69, 9.17) is 0 Å². The summed E-state index contributed by atoms with van der Waals surface area (Å²) in [6.07, 6.45) is 8.93. The topological polar surface area (TPSA) is 3.24 Å². The maximum atomic E-state index is 2.45. The van der Waals surface area contributed by atoms with E-state index in [1.807, 2.05) is 0 Å². The van der Waals surface area contributed by atoms with Gasteiger partial charge in [0.1, 0.15) is 0 Å². The van der Waals surface area contributed by atoms with Crippen molar-refractivity contribution in [2.75, 3.05) is 20.6 Å². The van der Waals surface area contributed by atoms with Gasteiger partial charge in [0.25, 0.3) is 0 Å². The average Bonchev–Trinajstić information content (AvgIpc) is 2.20. The Morgan fingerprint density at radius 3 is 2.44 bits per heavy atom. The highest BCUT2D eigenvalue weighted by molar-refractivity contribution is 5.37. The van der Waals surface area contributed by atoms with Crippen molar-refractivity contribution in [2.45, 2.75) is 59.8 Å². The molecule has 0 saturated heterocycles.